The molecule has 0 N–H and O–H groups in total. The van der Waals surface area contributed by atoms with E-state index in [0.717, 1.165) is 5.56 Å². The van der Waals surface area contributed by atoms with Gasteiger partial charge in [-0.15, -0.1) is 0 Å². The first kappa shape index (κ1) is 11.4. The predicted molar refractivity (Wildman–Crippen MR) is 65.1 cm³/mol. The topological polar surface area (TPSA) is 38.1 Å². The van der Waals surface area contributed by atoms with Crippen LogP contribution in [-0.4, -0.2) is 27.4 Å². The lowest BCUT2D eigenvalue weighted by Crippen LogP contribution is -2.29. The Morgan fingerprint density at radius 1 is 1.35 bits per heavy atom. The van der Waals surface area contributed by atoms with Crippen molar-refractivity contribution >= 4 is 5.91 Å². The molecule has 0 spiro atoms. The molecule has 0 bridgehead atoms. The minimum atomic E-state index is 0.0758. The highest BCUT2D eigenvalue weighted by atomic mass is 16.2. The van der Waals surface area contributed by atoms with Gasteiger partial charge in [0.1, 0.15) is 6.54 Å². The molecule has 0 aliphatic heterocycles. The summed E-state index contributed by atoms with van der Waals surface area (Å²) in [6.07, 6.45) is 5.10. The average molecular weight is 229 g/mol. The van der Waals surface area contributed by atoms with Crippen LogP contribution in [0.5, 0.6) is 0 Å². The zero-order chi connectivity index (χ0) is 12.1. The van der Waals surface area contributed by atoms with Gasteiger partial charge in [0.15, 0.2) is 0 Å². The third-order valence-electron chi connectivity index (χ3n) is 2.57. The molecule has 0 aliphatic carbocycles. The fourth-order valence-electron chi connectivity index (χ4n) is 1.60. The summed E-state index contributed by atoms with van der Waals surface area (Å²) in [7, 11) is 1.81. The SMILES string of the molecule is CN(Cc1ccccc1)C(=O)Cn1ccnc1. The Hall–Kier alpha value is -2.10. The third-order valence-corrected chi connectivity index (χ3v) is 2.57. The van der Waals surface area contributed by atoms with E-state index in [4.69, 9.17) is 0 Å². The van der Waals surface area contributed by atoms with E-state index in [-0.39, 0.29) is 5.91 Å². The van der Waals surface area contributed by atoms with Gasteiger partial charge in [0.05, 0.1) is 6.33 Å². The maximum Gasteiger partial charge on any atom is 0.242 e. The Labute approximate surface area is 101 Å². The quantitative estimate of drug-likeness (QED) is 0.797. The molecule has 1 amide bonds. The van der Waals surface area contributed by atoms with Crippen LogP contribution in [0.25, 0.3) is 0 Å². The minimum Gasteiger partial charge on any atom is -0.340 e. The van der Waals surface area contributed by atoms with E-state index in [1.807, 2.05) is 37.4 Å². The van der Waals surface area contributed by atoms with Gasteiger partial charge in [0.2, 0.25) is 5.91 Å². The van der Waals surface area contributed by atoms with Crippen LogP contribution in [0.15, 0.2) is 49.1 Å². The van der Waals surface area contributed by atoms with Gasteiger partial charge in [-0.3, -0.25) is 4.79 Å². The summed E-state index contributed by atoms with van der Waals surface area (Å²) in [5.74, 6) is 0.0758. The van der Waals surface area contributed by atoms with E-state index < -0.39 is 0 Å². The van der Waals surface area contributed by atoms with Gasteiger partial charge in [-0.25, -0.2) is 4.98 Å². The van der Waals surface area contributed by atoms with Crippen LogP contribution in [0.4, 0.5) is 0 Å². The van der Waals surface area contributed by atoms with E-state index in [0.29, 0.717) is 13.1 Å². The standard InChI is InChI=1S/C13H15N3O/c1-15(9-12-5-3-2-4-6-12)13(17)10-16-8-7-14-11-16/h2-8,11H,9-10H2,1H3. The molecule has 4 nitrogen and oxygen atoms in total. The molecular formula is C13H15N3O. The molecule has 4 heteroatoms. The molecule has 0 atom stereocenters. The van der Waals surface area contributed by atoms with Crippen molar-refractivity contribution < 1.29 is 4.79 Å². The molecule has 1 aromatic carbocycles. The minimum absolute atomic E-state index is 0.0758. The summed E-state index contributed by atoms with van der Waals surface area (Å²) in [4.78, 5) is 17.5. The Bertz CT molecular complexity index is 465. The van der Waals surface area contributed by atoms with Gasteiger partial charge in [0, 0.05) is 26.0 Å². The van der Waals surface area contributed by atoms with Gasteiger partial charge in [-0.2, -0.15) is 0 Å². The maximum atomic E-state index is 11.9. The highest BCUT2D eigenvalue weighted by Gasteiger charge is 2.09. The molecule has 0 radical (unpaired) electrons. The summed E-state index contributed by atoms with van der Waals surface area (Å²) in [6, 6.07) is 9.95. The lowest BCUT2D eigenvalue weighted by atomic mass is 10.2. The molecule has 1 heterocycles. The van der Waals surface area contributed by atoms with Crippen LogP contribution in [0, 0.1) is 0 Å². The van der Waals surface area contributed by atoms with Crippen molar-refractivity contribution in [3.63, 3.8) is 0 Å². The van der Waals surface area contributed by atoms with Gasteiger partial charge in [-0.1, -0.05) is 30.3 Å². The van der Waals surface area contributed by atoms with Crippen molar-refractivity contribution in [2.45, 2.75) is 13.1 Å². The maximum absolute atomic E-state index is 11.9. The Balaban J connectivity index is 1.92. The first-order chi connectivity index (χ1) is 8.25. The second-order valence-electron chi connectivity index (χ2n) is 3.97. The first-order valence-electron chi connectivity index (χ1n) is 5.49. The monoisotopic (exact) mass is 229 g/mol. The normalized spacial score (nSPS) is 10.2. The Morgan fingerprint density at radius 2 is 2.12 bits per heavy atom. The van der Waals surface area contributed by atoms with E-state index in [1.165, 1.54) is 0 Å². The molecule has 17 heavy (non-hydrogen) atoms. The van der Waals surface area contributed by atoms with Crippen LogP contribution in [0.3, 0.4) is 0 Å². The second-order valence-corrected chi connectivity index (χ2v) is 3.97. The zero-order valence-corrected chi connectivity index (χ0v) is 9.78. The molecular weight excluding hydrogens is 214 g/mol. The third kappa shape index (κ3) is 3.17. The fourth-order valence-corrected chi connectivity index (χ4v) is 1.60. The van der Waals surface area contributed by atoms with Crippen molar-refractivity contribution in [1.29, 1.82) is 0 Å². The van der Waals surface area contributed by atoms with Gasteiger partial charge in [0.25, 0.3) is 0 Å². The number of imidazole rings is 1. The molecule has 0 unspecified atom stereocenters. The van der Waals surface area contributed by atoms with Crippen LogP contribution < -0.4 is 0 Å². The van der Waals surface area contributed by atoms with Gasteiger partial charge < -0.3 is 9.47 Å². The summed E-state index contributed by atoms with van der Waals surface area (Å²) >= 11 is 0. The molecule has 0 saturated heterocycles. The number of benzene rings is 1. The second kappa shape index (κ2) is 5.30. The number of rotatable bonds is 4. The van der Waals surface area contributed by atoms with Crippen LogP contribution in [0.1, 0.15) is 5.56 Å². The summed E-state index contributed by atoms with van der Waals surface area (Å²) < 4.78 is 1.77. The largest absolute Gasteiger partial charge is 0.340 e. The van der Waals surface area contributed by atoms with E-state index in [2.05, 4.69) is 4.98 Å². The van der Waals surface area contributed by atoms with Gasteiger partial charge >= 0.3 is 0 Å². The number of hydrogen-bond donors (Lipinski definition) is 0. The van der Waals surface area contributed by atoms with Crippen molar-refractivity contribution in [3.05, 3.63) is 54.6 Å². The van der Waals surface area contributed by atoms with Crippen LogP contribution >= 0.6 is 0 Å². The summed E-state index contributed by atoms with van der Waals surface area (Å²) in [6.45, 7) is 0.970. The van der Waals surface area contributed by atoms with Crippen molar-refractivity contribution in [1.82, 2.24) is 14.5 Å². The predicted octanol–water partition coefficient (Wildman–Crippen LogP) is 1.54. The highest BCUT2D eigenvalue weighted by molar-refractivity contribution is 5.75. The van der Waals surface area contributed by atoms with Crippen molar-refractivity contribution in [2.24, 2.45) is 0 Å². The Kier molecular flexibility index (Phi) is 3.55. The lowest BCUT2D eigenvalue weighted by molar-refractivity contribution is -0.131. The van der Waals surface area contributed by atoms with Crippen molar-refractivity contribution in [2.75, 3.05) is 7.05 Å². The number of amides is 1. The first-order valence-corrected chi connectivity index (χ1v) is 5.49. The molecule has 2 aromatic rings. The average Bonchev–Trinajstić information content (AvgIpc) is 2.83. The molecule has 88 valence electrons. The van der Waals surface area contributed by atoms with E-state index in [1.54, 1.807) is 28.2 Å². The summed E-state index contributed by atoms with van der Waals surface area (Å²) in [5, 5.41) is 0. The lowest BCUT2D eigenvalue weighted by Gasteiger charge is -2.17. The van der Waals surface area contributed by atoms with E-state index in [9.17, 15) is 4.79 Å². The number of likely N-dealkylation sites (N-methyl/N-ethyl adjacent to an activating group) is 1. The number of hydrogen-bond acceptors (Lipinski definition) is 2. The molecule has 0 aliphatic rings. The number of carbonyl (C=O) groups is 1. The van der Waals surface area contributed by atoms with Crippen LogP contribution in [-0.2, 0) is 17.9 Å². The fraction of sp³-hybridized carbons (Fsp3) is 0.231. The number of aromatic nitrogens is 2. The molecule has 0 saturated carbocycles. The molecule has 1 aromatic heterocycles. The molecule has 0 fully saturated rings. The molecule has 2 rings (SSSR count). The number of carbonyl (C=O) groups excluding carboxylic acids is 1. The van der Waals surface area contributed by atoms with Crippen LogP contribution in [0.2, 0.25) is 0 Å². The summed E-state index contributed by atoms with van der Waals surface area (Å²) in [5.41, 5.74) is 1.13. The Morgan fingerprint density at radius 3 is 2.76 bits per heavy atom. The van der Waals surface area contributed by atoms with E-state index >= 15 is 0 Å². The highest BCUT2D eigenvalue weighted by Crippen LogP contribution is 2.03. The van der Waals surface area contributed by atoms with Gasteiger partial charge in [-0.05, 0) is 5.56 Å². The van der Waals surface area contributed by atoms with Crippen molar-refractivity contribution in [3.8, 4) is 0 Å². The smallest absolute Gasteiger partial charge is 0.242 e. The number of nitrogens with zero attached hydrogens (tertiary/aromatic N) is 3. The zero-order valence-electron chi connectivity index (χ0n) is 9.78.